The van der Waals surface area contributed by atoms with Gasteiger partial charge in [0.1, 0.15) is 11.2 Å². The smallest absolute Gasteiger partial charge is 0.160 e. The molecule has 6 bridgehead atoms. The lowest BCUT2D eigenvalue weighted by atomic mass is 9.51. The van der Waals surface area contributed by atoms with Gasteiger partial charge in [0, 0.05) is 18.3 Å². The highest BCUT2D eigenvalue weighted by Gasteiger charge is 2.68. The van der Waals surface area contributed by atoms with Crippen LogP contribution in [0.3, 0.4) is 0 Å². The molecule has 4 heteroatoms. The lowest BCUT2D eigenvalue weighted by Crippen LogP contribution is -2.69. The fourth-order valence-corrected chi connectivity index (χ4v) is 10.4. The minimum absolute atomic E-state index is 0.0759. The van der Waals surface area contributed by atoms with Gasteiger partial charge >= 0.3 is 0 Å². The highest BCUT2D eigenvalue weighted by Crippen LogP contribution is 2.62. The van der Waals surface area contributed by atoms with E-state index in [1.807, 2.05) is 0 Å². The summed E-state index contributed by atoms with van der Waals surface area (Å²) in [4.78, 5) is 12.5. The first-order valence-corrected chi connectivity index (χ1v) is 14.1. The third-order valence-electron chi connectivity index (χ3n) is 11.8. The zero-order chi connectivity index (χ0) is 21.7. The summed E-state index contributed by atoms with van der Waals surface area (Å²) in [7, 11) is 0. The Hall–Kier alpha value is -0.160. The molecular formula is C28H44O4. The normalized spacial score (nSPS) is 60.3. The van der Waals surface area contributed by atoms with Crippen LogP contribution in [0.15, 0.2) is 0 Å². The number of fused-ring (bicyclic) bond motifs is 2. The zero-order valence-electron chi connectivity index (χ0n) is 20.5. The van der Waals surface area contributed by atoms with Gasteiger partial charge in [-0.05, 0) is 113 Å². The number of ether oxygens (including phenoxy) is 2. The quantitative estimate of drug-likeness (QED) is 0.489. The van der Waals surface area contributed by atoms with Crippen molar-refractivity contribution in [2.45, 2.75) is 115 Å². The molecule has 3 heterocycles. The number of hydrogen-bond donors (Lipinski definition) is 0. The maximum absolute atomic E-state index is 6.84. The summed E-state index contributed by atoms with van der Waals surface area (Å²) in [5, 5.41) is 0. The Morgan fingerprint density at radius 1 is 0.875 bits per heavy atom. The van der Waals surface area contributed by atoms with Crippen molar-refractivity contribution in [2.75, 3.05) is 6.61 Å². The van der Waals surface area contributed by atoms with Gasteiger partial charge in [0.2, 0.25) is 0 Å². The van der Waals surface area contributed by atoms with Gasteiger partial charge in [-0.3, -0.25) is 0 Å². The Balaban J connectivity index is 1.06. The van der Waals surface area contributed by atoms with Crippen molar-refractivity contribution in [3.8, 4) is 0 Å². The Kier molecular flexibility index (Phi) is 4.90. The third-order valence-corrected chi connectivity index (χ3v) is 11.8. The number of rotatable bonds is 4. The van der Waals surface area contributed by atoms with Gasteiger partial charge in [-0.2, -0.15) is 0 Å². The maximum atomic E-state index is 6.84. The van der Waals surface area contributed by atoms with E-state index >= 15 is 0 Å². The van der Waals surface area contributed by atoms with Crippen LogP contribution in [0.25, 0.3) is 0 Å². The van der Waals surface area contributed by atoms with Crippen LogP contribution in [0.4, 0.5) is 0 Å². The van der Waals surface area contributed by atoms with Crippen LogP contribution in [0.5, 0.6) is 0 Å². The minimum Gasteiger partial charge on any atom is -0.352 e. The Morgan fingerprint density at radius 3 is 2.38 bits per heavy atom. The molecule has 0 aromatic carbocycles. The largest absolute Gasteiger partial charge is 0.352 e. The second-order valence-corrected chi connectivity index (χ2v) is 13.6. The van der Waals surface area contributed by atoms with Crippen LogP contribution >= 0.6 is 0 Å². The molecule has 9 fully saturated rings. The molecule has 0 aromatic rings. The molecule has 4 nitrogen and oxygen atoms in total. The summed E-state index contributed by atoms with van der Waals surface area (Å²) in [5.41, 5.74) is -0.461. The zero-order valence-corrected chi connectivity index (χ0v) is 20.5. The Morgan fingerprint density at radius 2 is 1.62 bits per heavy atom. The average Bonchev–Trinajstić information content (AvgIpc) is 2.99. The molecule has 3 aliphatic heterocycles. The lowest BCUT2D eigenvalue weighted by Gasteiger charge is -2.61. The van der Waals surface area contributed by atoms with E-state index in [2.05, 4.69) is 20.8 Å². The van der Waals surface area contributed by atoms with Crippen molar-refractivity contribution >= 4 is 0 Å². The molecule has 32 heavy (non-hydrogen) atoms. The van der Waals surface area contributed by atoms with Crippen LogP contribution in [0.2, 0.25) is 0 Å². The van der Waals surface area contributed by atoms with Gasteiger partial charge in [0.15, 0.2) is 6.29 Å². The first kappa shape index (κ1) is 21.1. The van der Waals surface area contributed by atoms with E-state index in [9.17, 15) is 0 Å². The maximum Gasteiger partial charge on any atom is 0.160 e. The molecule has 6 saturated carbocycles. The summed E-state index contributed by atoms with van der Waals surface area (Å²) >= 11 is 0. The average molecular weight is 445 g/mol. The van der Waals surface area contributed by atoms with Crippen molar-refractivity contribution in [2.24, 2.45) is 53.3 Å². The van der Waals surface area contributed by atoms with Crippen molar-refractivity contribution in [1.82, 2.24) is 0 Å². The van der Waals surface area contributed by atoms with Crippen molar-refractivity contribution in [3.63, 3.8) is 0 Å². The van der Waals surface area contributed by atoms with Gasteiger partial charge in [0.05, 0.1) is 12.7 Å². The van der Waals surface area contributed by atoms with Crippen LogP contribution in [-0.2, 0) is 19.2 Å². The molecule has 180 valence electrons. The first-order valence-electron chi connectivity index (χ1n) is 14.1. The second-order valence-electron chi connectivity index (χ2n) is 13.6. The summed E-state index contributed by atoms with van der Waals surface area (Å²) in [5.74, 6) is 7.10. The Labute approximate surface area is 194 Å². The SMILES string of the molecule is C[C@H]1[C@H](OCCC2C3CC4CC(C3)CC2C4)O[C@@H]2C[C@]3(C)CC[C@H]4[C@H](C)CC[C@@H]1[C@@]24OO3. The van der Waals surface area contributed by atoms with Crippen LogP contribution in [0.1, 0.15) is 91.4 Å². The fourth-order valence-electron chi connectivity index (χ4n) is 10.4. The molecular weight excluding hydrogens is 400 g/mol. The van der Waals surface area contributed by atoms with Crippen LogP contribution in [-0.4, -0.2) is 30.2 Å². The van der Waals surface area contributed by atoms with E-state index in [-0.39, 0.29) is 23.6 Å². The van der Waals surface area contributed by atoms with Crippen molar-refractivity contribution in [1.29, 1.82) is 0 Å². The van der Waals surface area contributed by atoms with Gasteiger partial charge < -0.3 is 9.47 Å². The second kappa shape index (κ2) is 7.42. The van der Waals surface area contributed by atoms with E-state index in [1.165, 1.54) is 51.4 Å². The molecule has 0 N–H and O–H groups in total. The van der Waals surface area contributed by atoms with E-state index in [0.29, 0.717) is 23.7 Å². The molecule has 0 amide bonds. The Bertz CT molecular complexity index is 711. The van der Waals surface area contributed by atoms with E-state index in [1.54, 1.807) is 6.42 Å². The minimum atomic E-state index is -0.256. The van der Waals surface area contributed by atoms with Gasteiger partial charge in [-0.1, -0.05) is 13.8 Å². The molecule has 1 spiro atoms. The fraction of sp³-hybridized carbons (Fsp3) is 1.00. The summed E-state index contributed by atoms with van der Waals surface area (Å²) in [6.45, 7) is 7.89. The highest BCUT2D eigenvalue weighted by molar-refractivity contribution is 5.13. The highest BCUT2D eigenvalue weighted by atomic mass is 17.2. The predicted molar refractivity (Wildman–Crippen MR) is 121 cm³/mol. The molecule has 0 unspecified atom stereocenters. The topological polar surface area (TPSA) is 36.9 Å². The first-order chi connectivity index (χ1) is 15.5. The lowest BCUT2D eigenvalue weighted by molar-refractivity contribution is -0.495. The monoisotopic (exact) mass is 444 g/mol. The van der Waals surface area contributed by atoms with Crippen molar-refractivity contribution < 1.29 is 19.2 Å². The molecule has 6 aliphatic carbocycles. The van der Waals surface area contributed by atoms with Gasteiger partial charge in [0.25, 0.3) is 0 Å². The summed E-state index contributed by atoms with van der Waals surface area (Å²) < 4.78 is 13.5. The molecule has 8 atom stereocenters. The summed E-state index contributed by atoms with van der Waals surface area (Å²) in [6.07, 6.45) is 14.6. The van der Waals surface area contributed by atoms with Crippen LogP contribution in [0, 0.1) is 53.3 Å². The third kappa shape index (κ3) is 3.01. The predicted octanol–water partition coefficient (Wildman–Crippen LogP) is 6.13. The molecule has 9 rings (SSSR count). The molecule has 0 radical (unpaired) electrons. The number of hydrogen-bond acceptors (Lipinski definition) is 4. The van der Waals surface area contributed by atoms with Gasteiger partial charge in [-0.25, -0.2) is 9.78 Å². The van der Waals surface area contributed by atoms with E-state index < -0.39 is 0 Å². The molecule has 0 aromatic heterocycles. The van der Waals surface area contributed by atoms with Gasteiger partial charge in [-0.15, -0.1) is 0 Å². The summed E-state index contributed by atoms with van der Waals surface area (Å²) in [6, 6.07) is 0. The van der Waals surface area contributed by atoms with Crippen molar-refractivity contribution in [3.05, 3.63) is 0 Å². The molecule has 9 aliphatic rings. The van der Waals surface area contributed by atoms with E-state index in [0.717, 1.165) is 49.0 Å². The van der Waals surface area contributed by atoms with Crippen LogP contribution < -0.4 is 0 Å². The van der Waals surface area contributed by atoms with E-state index in [4.69, 9.17) is 19.2 Å². The molecule has 3 saturated heterocycles. The standard InChI is InChI=1S/C28H44O4/c1-16-4-5-24-17(2)26(30-25-15-27(3)8-6-23(16)28(24,25)32-31-27)29-9-7-22-20-11-18-10-19(13-20)14-21(22)12-18/h16-26H,4-15H2,1-3H3/t16-,17-,18?,19?,20?,21?,22?,23+,24+,25-,26-,27+,28-/m1/s1.